The molecule has 0 aliphatic rings. The van der Waals surface area contributed by atoms with Crippen LogP contribution in [-0.4, -0.2) is 11.1 Å². The Hall–Kier alpha value is -0.908. The first kappa shape index (κ1) is 12.2. The predicted octanol–water partition coefficient (Wildman–Crippen LogP) is 2.84. The smallest absolute Gasteiger partial charge is 0.336 e. The van der Waals surface area contributed by atoms with Crippen LogP contribution in [0.5, 0.6) is 0 Å². The first-order valence-corrected chi connectivity index (χ1v) is 4.41. The van der Waals surface area contributed by atoms with Crippen molar-refractivity contribution in [2.24, 2.45) is 0 Å². The molecule has 2 rings (SSSR count). The molecule has 0 aromatic heterocycles. The fourth-order valence-electron chi connectivity index (χ4n) is 1.59. The van der Waals surface area contributed by atoms with Gasteiger partial charge in [-0.1, -0.05) is 35.9 Å². The molecule has 0 bridgehead atoms. The maximum absolute atomic E-state index is 10.9. The molecule has 0 spiro atoms. The Morgan fingerprint density at radius 2 is 1.93 bits per heavy atom. The van der Waals surface area contributed by atoms with Crippen LogP contribution < -0.4 is 0 Å². The molecule has 0 fully saturated rings. The van der Waals surface area contributed by atoms with Gasteiger partial charge in [0.25, 0.3) is 0 Å². The van der Waals surface area contributed by atoms with Crippen LogP contribution >= 0.6 is 0 Å². The van der Waals surface area contributed by atoms with Gasteiger partial charge in [0.15, 0.2) is 0 Å². The van der Waals surface area contributed by atoms with Gasteiger partial charge in [-0.25, -0.2) is 4.79 Å². The summed E-state index contributed by atoms with van der Waals surface area (Å²) in [6.45, 7) is 1.99. The second-order valence-corrected chi connectivity index (χ2v) is 3.34. The van der Waals surface area contributed by atoms with Crippen LogP contribution in [0.2, 0.25) is 0 Å². The summed E-state index contributed by atoms with van der Waals surface area (Å²) < 4.78 is 0. The maximum Gasteiger partial charge on any atom is 0.336 e. The Morgan fingerprint density at radius 1 is 1.20 bits per heavy atom. The third-order valence-corrected chi connectivity index (χ3v) is 2.27. The van der Waals surface area contributed by atoms with Gasteiger partial charge in [-0.05, 0) is 23.8 Å². The van der Waals surface area contributed by atoms with Crippen molar-refractivity contribution in [3.63, 3.8) is 0 Å². The van der Waals surface area contributed by atoms with Gasteiger partial charge in [-0.2, -0.15) is 0 Å². The summed E-state index contributed by atoms with van der Waals surface area (Å²) in [5.74, 6) is -0.876. The average Bonchev–Trinajstić information content (AvgIpc) is 2.16. The Labute approximate surface area is 108 Å². The molecule has 0 saturated carbocycles. The van der Waals surface area contributed by atoms with Gasteiger partial charge in [-0.3, -0.25) is 0 Å². The molecule has 0 atom stereocenters. The van der Waals surface area contributed by atoms with Crippen molar-refractivity contribution in [1.29, 1.82) is 0 Å². The van der Waals surface area contributed by atoms with Crippen molar-refractivity contribution in [2.75, 3.05) is 0 Å². The molecule has 2 aromatic rings. The number of hydrogen-bond acceptors (Lipinski definition) is 1. The van der Waals surface area contributed by atoms with Crippen LogP contribution in [0.4, 0.5) is 0 Å². The first-order chi connectivity index (χ1) is 6.68. The molecule has 15 heavy (non-hydrogen) atoms. The molecule has 0 aliphatic heterocycles. The number of carboxylic acids is 1. The van der Waals surface area contributed by atoms with E-state index in [0.29, 0.717) is 5.56 Å². The molecule has 72 valence electrons. The number of rotatable bonds is 1. The van der Waals surface area contributed by atoms with E-state index in [9.17, 15) is 4.79 Å². The van der Waals surface area contributed by atoms with Crippen molar-refractivity contribution >= 4 is 16.7 Å². The number of aryl methyl sites for hydroxylation is 1. The minimum atomic E-state index is -0.876. The van der Waals surface area contributed by atoms with E-state index >= 15 is 0 Å². The van der Waals surface area contributed by atoms with Gasteiger partial charge in [0, 0.05) is 27.3 Å². The maximum atomic E-state index is 10.9. The van der Waals surface area contributed by atoms with E-state index in [1.165, 1.54) is 0 Å². The van der Waals surface area contributed by atoms with Crippen LogP contribution in [0.15, 0.2) is 36.4 Å². The summed E-state index contributed by atoms with van der Waals surface area (Å²) in [5.41, 5.74) is 1.50. The zero-order chi connectivity index (χ0) is 10.1. The van der Waals surface area contributed by atoms with Gasteiger partial charge < -0.3 is 5.11 Å². The number of aromatic carboxylic acids is 1. The monoisotopic (exact) mass is 300 g/mol. The minimum Gasteiger partial charge on any atom is -0.478 e. The zero-order valence-corrected chi connectivity index (χ0v) is 12.6. The summed E-state index contributed by atoms with van der Waals surface area (Å²) in [6.07, 6.45) is 0. The quantitative estimate of drug-likeness (QED) is 0.822. The molecular weight excluding hydrogens is 289 g/mol. The van der Waals surface area contributed by atoms with E-state index < -0.39 is 5.97 Å². The molecule has 0 unspecified atom stereocenters. The summed E-state index contributed by atoms with van der Waals surface area (Å²) in [7, 11) is 0. The first-order valence-electron chi connectivity index (χ1n) is 4.41. The zero-order valence-electron chi connectivity index (χ0n) is 8.53. The van der Waals surface area contributed by atoms with Crippen LogP contribution in [0, 0.1) is 6.92 Å². The molecule has 0 aliphatic carbocycles. The predicted molar refractivity (Wildman–Crippen MR) is 55.6 cm³/mol. The second-order valence-electron chi connectivity index (χ2n) is 3.34. The molecule has 0 saturated heterocycles. The van der Waals surface area contributed by atoms with E-state index in [1.54, 1.807) is 12.1 Å². The molecule has 0 heterocycles. The number of carboxylic acid groups (broad SMARTS) is 1. The molecular formula is C12H10CdO2. The van der Waals surface area contributed by atoms with Crippen molar-refractivity contribution in [3.8, 4) is 0 Å². The van der Waals surface area contributed by atoms with Gasteiger partial charge >= 0.3 is 5.97 Å². The number of fused-ring (bicyclic) bond motifs is 1. The Morgan fingerprint density at radius 3 is 2.60 bits per heavy atom. The summed E-state index contributed by atoms with van der Waals surface area (Å²) in [5, 5.41) is 10.7. The van der Waals surface area contributed by atoms with Crippen LogP contribution in [-0.2, 0) is 27.3 Å². The SMILES string of the molecule is Cc1ccc2c(C(=O)O)cccc2c1.[Cd]. The topological polar surface area (TPSA) is 37.3 Å². The van der Waals surface area contributed by atoms with E-state index in [0.717, 1.165) is 16.3 Å². The summed E-state index contributed by atoms with van der Waals surface area (Å²) >= 11 is 0. The van der Waals surface area contributed by atoms with E-state index in [1.807, 2.05) is 31.2 Å². The van der Waals surface area contributed by atoms with Crippen molar-refractivity contribution in [3.05, 3.63) is 47.5 Å². The van der Waals surface area contributed by atoms with Crippen LogP contribution in [0.3, 0.4) is 0 Å². The molecule has 3 heteroatoms. The van der Waals surface area contributed by atoms with Crippen LogP contribution in [0.25, 0.3) is 10.8 Å². The third kappa shape index (κ3) is 2.37. The third-order valence-electron chi connectivity index (χ3n) is 2.27. The normalized spacial score (nSPS) is 9.67. The molecule has 1 N–H and O–H groups in total. The minimum absolute atomic E-state index is 0. The van der Waals surface area contributed by atoms with Crippen molar-refractivity contribution < 1.29 is 37.2 Å². The molecule has 2 nitrogen and oxygen atoms in total. The number of carbonyl (C=O) groups is 1. The Bertz CT molecular complexity index is 506. The average molecular weight is 299 g/mol. The Balaban J connectivity index is 0.00000112. The molecule has 0 radical (unpaired) electrons. The van der Waals surface area contributed by atoms with Crippen LogP contribution in [0.1, 0.15) is 15.9 Å². The van der Waals surface area contributed by atoms with Gasteiger partial charge in [0.2, 0.25) is 0 Å². The fraction of sp³-hybridized carbons (Fsp3) is 0.0833. The van der Waals surface area contributed by atoms with E-state index in [-0.39, 0.29) is 27.3 Å². The summed E-state index contributed by atoms with van der Waals surface area (Å²) in [6, 6.07) is 11.1. The van der Waals surface area contributed by atoms with E-state index in [4.69, 9.17) is 5.11 Å². The standard InChI is InChI=1S/C12H10O2.Cd/c1-8-5-6-10-9(7-8)3-2-4-11(10)12(13)14;/h2-7H,1H3,(H,13,14);. The van der Waals surface area contributed by atoms with E-state index in [2.05, 4.69) is 0 Å². The molecule has 0 amide bonds. The summed E-state index contributed by atoms with van der Waals surface area (Å²) in [4.78, 5) is 10.9. The van der Waals surface area contributed by atoms with Gasteiger partial charge in [0.1, 0.15) is 0 Å². The Kier molecular flexibility index (Phi) is 3.85. The number of benzene rings is 2. The van der Waals surface area contributed by atoms with Gasteiger partial charge in [0.05, 0.1) is 5.56 Å². The fourth-order valence-corrected chi connectivity index (χ4v) is 1.59. The second kappa shape index (κ2) is 4.74. The van der Waals surface area contributed by atoms with Crippen molar-refractivity contribution in [2.45, 2.75) is 6.92 Å². The molecule has 2 aromatic carbocycles. The largest absolute Gasteiger partial charge is 0.478 e. The van der Waals surface area contributed by atoms with Gasteiger partial charge in [-0.15, -0.1) is 0 Å². The van der Waals surface area contributed by atoms with Crippen molar-refractivity contribution in [1.82, 2.24) is 0 Å². The number of hydrogen-bond donors (Lipinski definition) is 1.